The van der Waals surface area contributed by atoms with E-state index < -0.39 is 8.24 Å². The van der Waals surface area contributed by atoms with E-state index in [0.29, 0.717) is 0 Å². The monoisotopic (exact) mass is 196 g/mol. The third-order valence-corrected chi connectivity index (χ3v) is 8.35. The molecule has 0 radical (unpaired) electrons. The molecule has 13 heavy (non-hydrogen) atoms. The third-order valence-electron chi connectivity index (χ3n) is 3.18. The summed E-state index contributed by atoms with van der Waals surface area (Å²) in [7, 11) is -1.27. The average molecular weight is 196 g/mol. The molecule has 74 valence electrons. The Hall–Kier alpha value is -0.573. The van der Waals surface area contributed by atoms with E-state index in [1.165, 1.54) is 18.1 Å². The molecule has 0 aliphatic heterocycles. The Labute approximate surface area is 82.1 Å². The molecule has 0 fully saturated rings. The minimum Gasteiger partial charge on any atom is -0.301 e. The van der Waals surface area contributed by atoms with Crippen molar-refractivity contribution in [2.45, 2.75) is 45.8 Å². The molecule has 1 aromatic rings. The zero-order chi connectivity index (χ0) is 9.90. The molecule has 0 saturated carbocycles. The molecule has 3 heteroatoms. The highest BCUT2D eigenvalue weighted by Gasteiger charge is 2.30. The van der Waals surface area contributed by atoms with Crippen LogP contribution in [0.15, 0.2) is 12.3 Å². The Morgan fingerprint density at radius 1 is 1.23 bits per heavy atom. The van der Waals surface area contributed by atoms with Crippen LogP contribution >= 0.6 is 0 Å². The molecule has 0 aliphatic carbocycles. The number of nitrogens with zero attached hydrogens (tertiary/aromatic N) is 2. The quantitative estimate of drug-likeness (QED) is 0.677. The summed E-state index contributed by atoms with van der Waals surface area (Å²) in [6.45, 7) is 8.97. The summed E-state index contributed by atoms with van der Waals surface area (Å²) in [5.74, 6) is 0. The molecular weight excluding hydrogens is 176 g/mol. The lowest BCUT2D eigenvalue weighted by Gasteiger charge is -2.27. The molecule has 0 atom stereocenters. The van der Waals surface area contributed by atoms with Gasteiger partial charge in [0.1, 0.15) is 0 Å². The molecule has 0 bridgehead atoms. The Bertz CT molecular complexity index is 255. The number of hydrogen-bond donors (Lipinski definition) is 0. The Morgan fingerprint density at radius 3 is 2.08 bits per heavy atom. The van der Waals surface area contributed by atoms with Crippen molar-refractivity contribution in [3.63, 3.8) is 0 Å². The highest BCUT2D eigenvalue weighted by atomic mass is 28.3. The Balaban J connectivity index is 3.00. The van der Waals surface area contributed by atoms with Crippen LogP contribution in [0.2, 0.25) is 18.1 Å². The van der Waals surface area contributed by atoms with E-state index in [0.717, 1.165) is 5.69 Å². The number of aromatic nitrogens is 2. The Morgan fingerprint density at radius 2 is 1.77 bits per heavy atom. The summed E-state index contributed by atoms with van der Waals surface area (Å²) < 4.78 is 2.28. The normalized spacial score (nSPS) is 12.0. The van der Waals surface area contributed by atoms with Gasteiger partial charge in [-0.05, 0) is 31.1 Å². The van der Waals surface area contributed by atoms with Crippen molar-refractivity contribution in [2.75, 3.05) is 0 Å². The fourth-order valence-electron chi connectivity index (χ4n) is 1.92. The largest absolute Gasteiger partial charge is 0.301 e. The van der Waals surface area contributed by atoms with Gasteiger partial charge in [-0.15, -0.1) is 0 Å². The molecule has 0 amide bonds. The van der Waals surface area contributed by atoms with Crippen LogP contribution in [-0.2, 0) is 0 Å². The van der Waals surface area contributed by atoms with E-state index in [1.54, 1.807) is 0 Å². The van der Waals surface area contributed by atoms with Crippen LogP contribution < -0.4 is 0 Å². The minimum atomic E-state index is -1.27. The molecule has 2 nitrogen and oxygen atoms in total. The summed E-state index contributed by atoms with van der Waals surface area (Å²) in [6.07, 6.45) is 2.16. The van der Waals surface area contributed by atoms with E-state index in [1.807, 2.05) is 0 Å². The lowest BCUT2D eigenvalue weighted by Crippen LogP contribution is -2.41. The van der Waals surface area contributed by atoms with Gasteiger partial charge in [0.05, 0.1) is 5.69 Å². The van der Waals surface area contributed by atoms with Gasteiger partial charge in [0.25, 0.3) is 0 Å². The molecule has 1 heterocycles. The van der Waals surface area contributed by atoms with Crippen LogP contribution in [0.25, 0.3) is 0 Å². The number of hydrogen-bond acceptors (Lipinski definition) is 1. The Kier molecular flexibility index (Phi) is 3.31. The first-order chi connectivity index (χ1) is 6.18. The van der Waals surface area contributed by atoms with Crippen LogP contribution in [0.1, 0.15) is 26.5 Å². The highest BCUT2D eigenvalue weighted by molar-refractivity contribution is 6.77. The predicted octanol–water partition coefficient (Wildman–Crippen LogP) is 3.04. The lowest BCUT2D eigenvalue weighted by atomic mass is 10.5. The average Bonchev–Trinajstić information content (AvgIpc) is 2.57. The van der Waals surface area contributed by atoms with Gasteiger partial charge in [-0.2, -0.15) is 5.10 Å². The van der Waals surface area contributed by atoms with E-state index in [4.69, 9.17) is 0 Å². The lowest BCUT2D eigenvalue weighted by molar-refractivity contribution is 0.864. The zero-order valence-electron chi connectivity index (χ0n) is 9.17. The molecule has 0 spiro atoms. The van der Waals surface area contributed by atoms with Crippen LogP contribution in [0.5, 0.6) is 0 Å². The maximum atomic E-state index is 4.57. The fraction of sp³-hybridized carbons (Fsp3) is 0.700. The van der Waals surface area contributed by atoms with Crippen molar-refractivity contribution in [1.29, 1.82) is 0 Å². The predicted molar refractivity (Wildman–Crippen MR) is 59.6 cm³/mol. The molecule has 0 aromatic carbocycles. The van der Waals surface area contributed by atoms with Gasteiger partial charge < -0.3 is 4.35 Å². The van der Waals surface area contributed by atoms with Crippen molar-refractivity contribution < 1.29 is 0 Å². The smallest absolute Gasteiger partial charge is 0.184 e. The summed E-state index contributed by atoms with van der Waals surface area (Å²) in [5, 5.41) is 4.57. The van der Waals surface area contributed by atoms with Crippen LogP contribution in [-0.4, -0.2) is 17.7 Å². The summed E-state index contributed by atoms with van der Waals surface area (Å²) >= 11 is 0. The van der Waals surface area contributed by atoms with E-state index in [-0.39, 0.29) is 0 Å². The van der Waals surface area contributed by atoms with Crippen molar-refractivity contribution in [1.82, 2.24) is 9.45 Å². The maximum Gasteiger partial charge on any atom is 0.184 e. The topological polar surface area (TPSA) is 17.8 Å². The second-order valence-electron chi connectivity index (χ2n) is 3.69. The van der Waals surface area contributed by atoms with Gasteiger partial charge in [-0.25, -0.2) is 0 Å². The summed E-state index contributed by atoms with van der Waals surface area (Å²) in [5.41, 5.74) is 1.15. The molecule has 1 rings (SSSR count). The van der Waals surface area contributed by atoms with E-state index >= 15 is 0 Å². The van der Waals surface area contributed by atoms with Gasteiger partial charge in [0.2, 0.25) is 0 Å². The third kappa shape index (κ3) is 1.85. The summed E-state index contributed by atoms with van der Waals surface area (Å²) in [6, 6.07) is 5.99. The minimum absolute atomic E-state index is 1.15. The van der Waals surface area contributed by atoms with Gasteiger partial charge in [0.15, 0.2) is 8.24 Å². The molecule has 1 aromatic heterocycles. The molecule has 0 aliphatic rings. The van der Waals surface area contributed by atoms with Crippen molar-refractivity contribution in [3.05, 3.63) is 18.0 Å². The number of aryl methyl sites for hydroxylation is 1. The first-order valence-electron chi connectivity index (χ1n) is 5.21. The van der Waals surface area contributed by atoms with Crippen LogP contribution in [0.3, 0.4) is 0 Å². The van der Waals surface area contributed by atoms with Crippen molar-refractivity contribution >= 4 is 8.24 Å². The fourth-order valence-corrected chi connectivity index (χ4v) is 5.15. The zero-order valence-corrected chi connectivity index (χ0v) is 10.2. The standard InChI is InChI=1S/C10H20N2Si/c1-5-13(6-2,7-3)12-9-8-10(4)11-12/h8-9H,5-7H2,1-4H3. The highest BCUT2D eigenvalue weighted by Crippen LogP contribution is 2.21. The maximum absolute atomic E-state index is 4.57. The molecule has 0 saturated heterocycles. The van der Waals surface area contributed by atoms with Crippen LogP contribution in [0.4, 0.5) is 0 Å². The molecule has 0 unspecified atom stereocenters. The second-order valence-corrected chi connectivity index (χ2v) is 8.71. The van der Waals surface area contributed by atoms with Gasteiger partial charge >= 0.3 is 0 Å². The van der Waals surface area contributed by atoms with E-state index in [9.17, 15) is 0 Å². The SMILES string of the molecule is CC[Si](CC)(CC)n1ccc(C)n1. The first kappa shape index (κ1) is 10.5. The van der Waals surface area contributed by atoms with Crippen molar-refractivity contribution in [3.8, 4) is 0 Å². The summed E-state index contributed by atoms with van der Waals surface area (Å²) in [4.78, 5) is 0. The van der Waals surface area contributed by atoms with Crippen LogP contribution in [0, 0.1) is 6.92 Å². The van der Waals surface area contributed by atoms with Crippen molar-refractivity contribution in [2.24, 2.45) is 0 Å². The second kappa shape index (κ2) is 4.09. The van der Waals surface area contributed by atoms with Gasteiger partial charge in [-0.3, -0.25) is 0 Å². The number of rotatable bonds is 4. The van der Waals surface area contributed by atoms with E-state index in [2.05, 4.69) is 49.4 Å². The van der Waals surface area contributed by atoms with Gasteiger partial charge in [0, 0.05) is 6.20 Å². The van der Waals surface area contributed by atoms with Gasteiger partial charge in [-0.1, -0.05) is 20.8 Å². The first-order valence-corrected chi connectivity index (χ1v) is 7.78. The molecule has 0 N–H and O–H groups in total. The molecular formula is C10H20N2Si.